The first kappa shape index (κ1) is 13.5. The first-order chi connectivity index (χ1) is 5.29. The van der Waals surface area contributed by atoms with Gasteiger partial charge in [-0.15, -0.1) is 0 Å². The van der Waals surface area contributed by atoms with Gasteiger partial charge in [0.1, 0.15) is 6.10 Å². The fourth-order valence-electron chi connectivity index (χ4n) is 0. The van der Waals surface area contributed by atoms with Gasteiger partial charge in [-0.2, -0.15) is 0 Å². The van der Waals surface area contributed by atoms with Crippen molar-refractivity contribution in [1.29, 1.82) is 0 Å². The molecule has 0 aromatic rings. The molecule has 0 aliphatic heterocycles. The molecule has 0 heterocycles. The number of carbonyl (C=O) groups is 2. The van der Waals surface area contributed by atoms with Gasteiger partial charge in [0, 0.05) is 0 Å². The first-order valence-electron chi connectivity index (χ1n) is 3.42. The van der Waals surface area contributed by atoms with E-state index in [-0.39, 0.29) is 5.92 Å². The third-order valence-electron chi connectivity index (χ3n) is 0.851. The molecule has 1 unspecified atom stereocenters. The van der Waals surface area contributed by atoms with Gasteiger partial charge in [0.2, 0.25) is 0 Å². The van der Waals surface area contributed by atoms with Gasteiger partial charge in [-0.1, -0.05) is 13.8 Å². The van der Waals surface area contributed by atoms with Gasteiger partial charge in [-0.05, 0) is 6.92 Å². The zero-order valence-corrected chi connectivity index (χ0v) is 7.31. The molecule has 0 aromatic heterocycles. The Labute approximate surface area is 70.6 Å². The Hall–Kier alpha value is -1.10. The minimum absolute atomic E-state index is 0.231. The lowest BCUT2D eigenvalue weighted by Crippen LogP contribution is -2.13. The highest BCUT2D eigenvalue weighted by atomic mass is 16.4. The van der Waals surface area contributed by atoms with E-state index in [0.29, 0.717) is 0 Å². The number of aliphatic hydroxyl groups excluding tert-OH is 1. The predicted octanol–water partition coefficient (Wildman–Crippen LogP) is 0.179. The molecule has 0 saturated carbocycles. The molecule has 72 valence electrons. The predicted molar refractivity (Wildman–Crippen MR) is 41.8 cm³/mol. The Morgan fingerprint density at radius 2 is 1.17 bits per heavy atom. The maximum absolute atomic E-state index is 9.70. The molecule has 0 amide bonds. The van der Waals surface area contributed by atoms with Crippen molar-refractivity contribution >= 4 is 11.9 Å². The Morgan fingerprint density at radius 3 is 1.17 bits per heavy atom. The largest absolute Gasteiger partial charge is 0.481 e. The summed E-state index contributed by atoms with van der Waals surface area (Å²) in [6, 6.07) is 0. The monoisotopic (exact) mass is 178 g/mol. The van der Waals surface area contributed by atoms with E-state index in [1.54, 1.807) is 13.8 Å². The van der Waals surface area contributed by atoms with E-state index in [1.807, 2.05) is 0 Å². The van der Waals surface area contributed by atoms with Crippen LogP contribution in [0.3, 0.4) is 0 Å². The molecule has 0 spiro atoms. The number of hydrogen-bond donors (Lipinski definition) is 3. The van der Waals surface area contributed by atoms with E-state index in [0.717, 1.165) is 0 Å². The second-order valence-corrected chi connectivity index (χ2v) is 2.51. The molecule has 0 radical (unpaired) electrons. The molecule has 0 aliphatic rings. The van der Waals surface area contributed by atoms with Crippen LogP contribution in [0, 0.1) is 5.92 Å². The molecule has 0 bridgehead atoms. The summed E-state index contributed by atoms with van der Waals surface area (Å²) in [6.45, 7) is 4.48. The highest BCUT2D eigenvalue weighted by Crippen LogP contribution is 1.87. The Morgan fingerprint density at radius 1 is 1.00 bits per heavy atom. The van der Waals surface area contributed by atoms with Crippen LogP contribution in [0.25, 0.3) is 0 Å². The summed E-state index contributed by atoms with van der Waals surface area (Å²) in [5, 5.41) is 23.8. The lowest BCUT2D eigenvalue weighted by Gasteiger charge is -1.89. The van der Waals surface area contributed by atoms with Crippen molar-refractivity contribution in [2.24, 2.45) is 5.92 Å². The summed E-state index contributed by atoms with van der Waals surface area (Å²) >= 11 is 0. The SMILES string of the molecule is CC(C)C(=O)O.CC(O)C(=O)O. The van der Waals surface area contributed by atoms with Crippen LogP contribution in [0.2, 0.25) is 0 Å². The maximum Gasteiger partial charge on any atom is 0.332 e. The summed E-state index contributed by atoms with van der Waals surface area (Å²) in [5.74, 6) is -2.16. The third-order valence-corrected chi connectivity index (χ3v) is 0.851. The third kappa shape index (κ3) is 11.7. The van der Waals surface area contributed by atoms with Crippen molar-refractivity contribution in [3.05, 3.63) is 0 Å². The van der Waals surface area contributed by atoms with Crippen molar-refractivity contribution in [3.8, 4) is 0 Å². The maximum atomic E-state index is 9.70. The molecular formula is C7H14O5. The second kappa shape index (κ2) is 6.60. The summed E-state index contributed by atoms with van der Waals surface area (Å²) < 4.78 is 0. The molecular weight excluding hydrogens is 164 g/mol. The normalized spacial score (nSPS) is 11.4. The smallest absolute Gasteiger partial charge is 0.332 e. The van der Waals surface area contributed by atoms with E-state index in [4.69, 9.17) is 15.3 Å². The van der Waals surface area contributed by atoms with Crippen molar-refractivity contribution in [3.63, 3.8) is 0 Å². The molecule has 1 atom stereocenters. The van der Waals surface area contributed by atoms with Crippen molar-refractivity contribution < 1.29 is 24.9 Å². The Kier molecular flexibility index (Phi) is 7.42. The highest BCUT2D eigenvalue weighted by Gasteiger charge is 2.01. The van der Waals surface area contributed by atoms with E-state index >= 15 is 0 Å². The van der Waals surface area contributed by atoms with Gasteiger partial charge >= 0.3 is 11.9 Å². The quantitative estimate of drug-likeness (QED) is 0.560. The second-order valence-electron chi connectivity index (χ2n) is 2.51. The molecule has 5 nitrogen and oxygen atoms in total. The van der Waals surface area contributed by atoms with Crippen LogP contribution in [-0.4, -0.2) is 33.4 Å². The van der Waals surface area contributed by atoms with E-state index < -0.39 is 18.0 Å². The van der Waals surface area contributed by atoms with Gasteiger partial charge in [0.05, 0.1) is 5.92 Å². The number of carboxylic acid groups (broad SMARTS) is 2. The summed E-state index contributed by atoms with van der Waals surface area (Å²) in [5.41, 5.74) is 0. The highest BCUT2D eigenvalue weighted by molar-refractivity contribution is 5.71. The first-order valence-corrected chi connectivity index (χ1v) is 3.42. The summed E-state index contributed by atoms with van der Waals surface area (Å²) in [6.07, 6.45) is -1.23. The number of aliphatic hydroxyl groups is 1. The molecule has 0 fully saturated rings. The van der Waals surface area contributed by atoms with Gasteiger partial charge in [0.15, 0.2) is 0 Å². The number of carboxylic acids is 2. The van der Waals surface area contributed by atoms with Gasteiger partial charge in [-0.25, -0.2) is 4.79 Å². The van der Waals surface area contributed by atoms with Crippen LogP contribution in [0.4, 0.5) is 0 Å². The standard InChI is InChI=1S/C4H8O2.C3H6O3/c1-3(2)4(5)6;1-2(4)3(5)6/h3H,1-2H3,(H,5,6);2,4H,1H3,(H,5,6). The average molecular weight is 178 g/mol. The molecule has 0 saturated heterocycles. The van der Waals surface area contributed by atoms with E-state index in [1.165, 1.54) is 6.92 Å². The lowest BCUT2D eigenvalue weighted by molar-refractivity contribution is -0.145. The average Bonchev–Trinajstić information content (AvgIpc) is 1.88. The molecule has 0 rings (SSSR count). The molecule has 3 N–H and O–H groups in total. The lowest BCUT2D eigenvalue weighted by atomic mass is 10.2. The van der Waals surface area contributed by atoms with Gasteiger partial charge in [-0.3, -0.25) is 4.79 Å². The van der Waals surface area contributed by atoms with Crippen molar-refractivity contribution in [2.45, 2.75) is 26.9 Å². The van der Waals surface area contributed by atoms with Crippen LogP contribution >= 0.6 is 0 Å². The van der Waals surface area contributed by atoms with Crippen LogP contribution < -0.4 is 0 Å². The number of rotatable bonds is 2. The van der Waals surface area contributed by atoms with Crippen molar-refractivity contribution in [1.82, 2.24) is 0 Å². The number of aliphatic carboxylic acids is 2. The minimum atomic E-state index is -1.23. The number of hydrogen-bond acceptors (Lipinski definition) is 3. The van der Waals surface area contributed by atoms with E-state index in [2.05, 4.69) is 0 Å². The zero-order chi connectivity index (χ0) is 10.3. The van der Waals surface area contributed by atoms with Gasteiger partial charge < -0.3 is 15.3 Å². The van der Waals surface area contributed by atoms with Crippen LogP contribution in [0.15, 0.2) is 0 Å². The zero-order valence-electron chi connectivity index (χ0n) is 7.31. The van der Waals surface area contributed by atoms with E-state index in [9.17, 15) is 9.59 Å². The van der Waals surface area contributed by atoms with Crippen LogP contribution in [0.5, 0.6) is 0 Å². The fourth-order valence-corrected chi connectivity index (χ4v) is 0. The van der Waals surface area contributed by atoms with Crippen molar-refractivity contribution in [2.75, 3.05) is 0 Å². The van der Waals surface area contributed by atoms with Crippen LogP contribution in [0.1, 0.15) is 20.8 Å². The minimum Gasteiger partial charge on any atom is -0.481 e. The topological polar surface area (TPSA) is 94.8 Å². The molecule has 5 heteroatoms. The van der Waals surface area contributed by atoms with Gasteiger partial charge in [0.25, 0.3) is 0 Å². The molecule has 0 aromatic carbocycles. The molecule has 12 heavy (non-hydrogen) atoms. The summed E-state index contributed by atoms with van der Waals surface area (Å²) in [4.78, 5) is 19.1. The van der Waals surface area contributed by atoms with Crippen LogP contribution in [-0.2, 0) is 9.59 Å². The fraction of sp³-hybridized carbons (Fsp3) is 0.714. The Bertz CT molecular complexity index is 132. The molecule has 0 aliphatic carbocycles. The Balaban J connectivity index is 0. The summed E-state index contributed by atoms with van der Waals surface area (Å²) in [7, 11) is 0.